The Balaban J connectivity index is 2.75. The van der Waals surface area contributed by atoms with Gasteiger partial charge in [-0.15, -0.1) is 0 Å². The van der Waals surface area contributed by atoms with Crippen molar-refractivity contribution in [1.29, 1.82) is 0 Å². The maximum atomic E-state index is 10.4. The molecule has 0 amide bonds. The molecule has 0 aliphatic rings. The highest BCUT2D eigenvalue weighted by molar-refractivity contribution is 9.09. The number of halogens is 1. The minimum Gasteiger partial charge on any atom is -0.492 e. The number of carbonyl (C=O) groups excluding carboxylic acids is 1. The summed E-state index contributed by atoms with van der Waals surface area (Å²) in [4.78, 5) is 10.4. The summed E-state index contributed by atoms with van der Waals surface area (Å²) in [6.07, 6.45) is 1.81. The highest BCUT2D eigenvalue weighted by Crippen LogP contribution is 2.15. The molecule has 0 unspecified atom stereocenters. The lowest BCUT2D eigenvalue weighted by molar-refractivity contribution is 0.344. The minimum atomic E-state index is 0.471. The number of benzene rings is 1. The Bertz CT molecular complexity index is 260. The summed E-state index contributed by atoms with van der Waals surface area (Å²) in [5.74, 6) is 0.590. The molecule has 0 fully saturated rings. The van der Waals surface area contributed by atoms with E-state index in [9.17, 15) is 4.79 Å². The average Bonchev–Trinajstić information content (AvgIpc) is 2.15. The molecule has 0 heterocycles. The second-order valence-electron chi connectivity index (χ2n) is 2.14. The van der Waals surface area contributed by atoms with Gasteiger partial charge in [0.05, 0.1) is 12.2 Å². The molecule has 3 heteroatoms. The molecule has 2 nitrogen and oxygen atoms in total. The summed E-state index contributed by atoms with van der Waals surface area (Å²) in [7, 11) is 0. The summed E-state index contributed by atoms with van der Waals surface area (Å²) >= 11 is 3.23. The van der Waals surface area contributed by atoms with Crippen LogP contribution in [0.3, 0.4) is 0 Å². The molecule has 1 aromatic carbocycles. The smallest absolute Gasteiger partial charge is 0.237 e. The van der Waals surface area contributed by atoms with Crippen molar-refractivity contribution in [2.45, 2.75) is 0 Å². The topological polar surface area (TPSA) is 26.3 Å². The van der Waals surface area contributed by atoms with E-state index in [2.05, 4.69) is 15.9 Å². The Hall–Kier alpha value is -0.830. The number of alkyl halides is 1. The van der Waals surface area contributed by atoms with Crippen LogP contribution in [-0.2, 0) is 4.79 Å². The molecule has 0 aliphatic carbocycles. The number of para-hydroxylation sites is 1. The van der Waals surface area contributed by atoms with Crippen LogP contribution in [0.5, 0.6) is 5.75 Å². The molecular weight excluding hydrogens is 220 g/mol. The van der Waals surface area contributed by atoms with Gasteiger partial charge in [-0.1, -0.05) is 28.1 Å². The molecular formula is C9H8BrO2. The lowest BCUT2D eigenvalue weighted by Crippen LogP contribution is -2.00. The molecule has 0 saturated carbocycles. The van der Waals surface area contributed by atoms with Crippen molar-refractivity contribution in [3.63, 3.8) is 0 Å². The molecule has 63 valence electrons. The van der Waals surface area contributed by atoms with Gasteiger partial charge in [0.25, 0.3) is 0 Å². The Morgan fingerprint density at radius 3 is 2.83 bits per heavy atom. The summed E-state index contributed by atoms with van der Waals surface area (Å²) in [5.41, 5.74) is 0.471. The first-order valence-electron chi connectivity index (χ1n) is 3.54. The molecule has 0 atom stereocenters. The Morgan fingerprint density at radius 1 is 1.42 bits per heavy atom. The van der Waals surface area contributed by atoms with E-state index in [1.54, 1.807) is 18.2 Å². The van der Waals surface area contributed by atoms with Crippen LogP contribution in [0.4, 0.5) is 0 Å². The quantitative estimate of drug-likeness (QED) is 0.736. The van der Waals surface area contributed by atoms with Crippen LogP contribution >= 0.6 is 15.9 Å². The molecule has 0 spiro atoms. The first-order valence-corrected chi connectivity index (χ1v) is 4.66. The van der Waals surface area contributed by atoms with Crippen molar-refractivity contribution in [3.8, 4) is 5.75 Å². The lowest BCUT2D eigenvalue weighted by Gasteiger charge is -2.04. The first kappa shape index (κ1) is 9.26. The summed E-state index contributed by atoms with van der Waals surface area (Å²) in [6.45, 7) is 0.554. The van der Waals surface area contributed by atoms with Crippen LogP contribution in [0, 0.1) is 0 Å². The average molecular weight is 228 g/mol. The van der Waals surface area contributed by atoms with E-state index in [4.69, 9.17) is 4.74 Å². The van der Waals surface area contributed by atoms with Gasteiger partial charge in [0.1, 0.15) is 5.75 Å². The van der Waals surface area contributed by atoms with E-state index in [1.807, 2.05) is 12.4 Å². The van der Waals surface area contributed by atoms with E-state index < -0.39 is 0 Å². The van der Waals surface area contributed by atoms with Crippen LogP contribution in [0.1, 0.15) is 5.56 Å². The van der Waals surface area contributed by atoms with Gasteiger partial charge in [-0.2, -0.15) is 0 Å². The predicted molar refractivity (Wildman–Crippen MR) is 50.5 cm³/mol. The second-order valence-corrected chi connectivity index (χ2v) is 2.93. The van der Waals surface area contributed by atoms with Gasteiger partial charge in [-0.3, -0.25) is 4.79 Å². The molecule has 1 rings (SSSR count). The second kappa shape index (κ2) is 4.93. The maximum absolute atomic E-state index is 10.4. The highest BCUT2D eigenvalue weighted by atomic mass is 79.9. The van der Waals surface area contributed by atoms with Gasteiger partial charge in [0.15, 0.2) is 0 Å². The summed E-state index contributed by atoms with van der Waals surface area (Å²) < 4.78 is 5.27. The van der Waals surface area contributed by atoms with Crippen molar-refractivity contribution >= 4 is 22.2 Å². The molecule has 1 radical (unpaired) electrons. The standard InChI is InChI=1S/C9H8BrO2/c10-5-6-12-9-4-2-1-3-8(9)7-11/h1-4H,5-6H2. The number of hydrogen-bond acceptors (Lipinski definition) is 2. The zero-order valence-corrected chi connectivity index (χ0v) is 8.00. The summed E-state index contributed by atoms with van der Waals surface area (Å²) in [5, 5.41) is 0.750. The molecule has 0 aromatic heterocycles. The Kier molecular flexibility index (Phi) is 3.80. The molecule has 0 N–H and O–H groups in total. The van der Waals surface area contributed by atoms with Gasteiger partial charge >= 0.3 is 0 Å². The minimum absolute atomic E-state index is 0.471. The van der Waals surface area contributed by atoms with Gasteiger partial charge < -0.3 is 4.74 Å². The van der Waals surface area contributed by atoms with Gasteiger partial charge in [0, 0.05) is 5.33 Å². The maximum Gasteiger partial charge on any atom is 0.237 e. The van der Waals surface area contributed by atoms with E-state index in [1.165, 1.54) is 0 Å². The van der Waals surface area contributed by atoms with Crippen LogP contribution in [0.15, 0.2) is 24.3 Å². The monoisotopic (exact) mass is 227 g/mol. The zero-order chi connectivity index (χ0) is 8.81. The fourth-order valence-electron chi connectivity index (χ4n) is 0.825. The third-order valence-electron chi connectivity index (χ3n) is 1.33. The lowest BCUT2D eigenvalue weighted by atomic mass is 10.2. The largest absolute Gasteiger partial charge is 0.492 e. The van der Waals surface area contributed by atoms with Gasteiger partial charge in [0.2, 0.25) is 6.29 Å². The van der Waals surface area contributed by atoms with Crippen molar-refractivity contribution in [2.24, 2.45) is 0 Å². The van der Waals surface area contributed by atoms with Crippen LogP contribution in [-0.4, -0.2) is 18.2 Å². The number of rotatable bonds is 4. The number of ether oxygens (including phenoxy) is 1. The van der Waals surface area contributed by atoms with Crippen molar-refractivity contribution < 1.29 is 9.53 Å². The third-order valence-corrected chi connectivity index (χ3v) is 1.66. The normalized spacial score (nSPS) is 9.42. The van der Waals surface area contributed by atoms with Crippen molar-refractivity contribution in [2.75, 3.05) is 11.9 Å². The Morgan fingerprint density at radius 2 is 2.17 bits per heavy atom. The van der Waals surface area contributed by atoms with Crippen LogP contribution < -0.4 is 4.74 Å². The van der Waals surface area contributed by atoms with Crippen molar-refractivity contribution in [3.05, 3.63) is 29.8 Å². The van der Waals surface area contributed by atoms with Crippen molar-refractivity contribution in [1.82, 2.24) is 0 Å². The Labute approximate surface area is 79.7 Å². The molecule has 0 saturated heterocycles. The fourth-order valence-corrected chi connectivity index (χ4v) is 0.987. The van der Waals surface area contributed by atoms with E-state index in [0.717, 1.165) is 5.33 Å². The zero-order valence-electron chi connectivity index (χ0n) is 6.42. The first-order chi connectivity index (χ1) is 5.88. The van der Waals surface area contributed by atoms with E-state index in [-0.39, 0.29) is 0 Å². The highest BCUT2D eigenvalue weighted by Gasteiger charge is 2.00. The van der Waals surface area contributed by atoms with Gasteiger partial charge in [-0.05, 0) is 12.1 Å². The molecule has 1 aromatic rings. The van der Waals surface area contributed by atoms with E-state index >= 15 is 0 Å². The molecule has 0 aliphatic heterocycles. The van der Waals surface area contributed by atoms with Gasteiger partial charge in [-0.25, -0.2) is 0 Å². The predicted octanol–water partition coefficient (Wildman–Crippen LogP) is 1.92. The van der Waals surface area contributed by atoms with Crippen LogP contribution in [0.25, 0.3) is 0 Å². The third kappa shape index (κ3) is 2.34. The van der Waals surface area contributed by atoms with E-state index in [0.29, 0.717) is 17.9 Å². The van der Waals surface area contributed by atoms with Crippen LogP contribution in [0.2, 0.25) is 0 Å². The number of hydrogen-bond donors (Lipinski definition) is 0. The molecule has 12 heavy (non-hydrogen) atoms. The SMILES string of the molecule is O=[C]c1ccccc1OCCBr. The fraction of sp³-hybridized carbons (Fsp3) is 0.222. The molecule has 0 bridgehead atoms. The summed E-state index contributed by atoms with van der Waals surface area (Å²) in [6, 6.07) is 7.03.